The molecule has 1 atom stereocenters. The third-order valence-electron chi connectivity index (χ3n) is 4.30. The fourth-order valence-corrected chi connectivity index (χ4v) is 3.72. The quantitative estimate of drug-likeness (QED) is 0.542. The van der Waals surface area contributed by atoms with Crippen LogP contribution in [-0.2, 0) is 25.7 Å². The van der Waals surface area contributed by atoms with Crippen LogP contribution in [0.1, 0.15) is 35.7 Å². The minimum Gasteiger partial charge on any atom is -0.496 e. The molecule has 2 N–H and O–H groups in total. The molecular formula is C19H23F3N4O2S. The lowest BCUT2D eigenvalue weighted by Gasteiger charge is -2.12. The number of hydrogen-bond acceptors (Lipinski definition) is 5. The fraction of sp³-hybridized carbons (Fsp3) is 0.474. The van der Waals surface area contributed by atoms with Crippen molar-refractivity contribution >= 4 is 17.3 Å². The number of guanidine groups is 1. The van der Waals surface area contributed by atoms with E-state index in [1.807, 2.05) is 26.0 Å². The van der Waals surface area contributed by atoms with E-state index in [4.69, 9.17) is 9.47 Å². The van der Waals surface area contributed by atoms with Gasteiger partial charge in [-0.3, -0.25) is 0 Å². The van der Waals surface area contributed by atoms with Gasteiger partial charge in [-0.05, 0) is 26.0 Å². The van der Waals surface area contributed by atoms with Crippen molar-refractivity contribution in [1.82, 2.24) is 15.6 Å². The SMILES string of the molecule is CCNC(=NCc1cc2c(cc1OC)CC(C)O2)NCc1nc(C(F)(F)F)cs1. The minimum absolute atomic E-state index is 0.132. The second kappa shape index (κ2) is 8.89. The number of rotatable bonds is 6. The van der Waals surface area contributed by atoms with Crippen LogP contribution in [0, 0.1) is 0 Å². The first-order valence-electron chi connectivity index (χ1n) is 9.20. The molecule has 29 heavy (non-hydrogen) atoms. The molecule has 1 aromatic heterocycles. The molecule has 6 nitrogen and oxygen atoms in total. The van der Waals surface area contributed by atoms with Crippen LogP contribution in [0.15, 0.2) is 22.5 Å². The molecule has 1 aromatic carbocycles. The van der Waals surface area contributed by atoms with Crippen LogP contribution in [0.5, 0.6) is 11.5 Å². The molecule has 0 amide bonds. The first-order chi connectivity index (χ1) is 13.8. The highest BCUT2D eigenvalue weighted by Gasteiger charge is 2.33. The molecule has 0 saturated heterocycles. The zero-order valence-corrected chi connectivity index (χ0v) is 17.2. The molecule has 158 valence electrons. The van der Waals surface area contributed by atoms with E-state index in [9.17, 15) is 13.2 Å². The van der Waals surface area contributed by atoms with E-state index in [1.165, 1.54) is 0 Å². The van der Waals surface area contributed by atoms with Gasteiger partial charge in [0.25, 0.3) is 0 Å². The maximum absolute atomic E-state index is 12.7. The highest BCUT2D eigenvalue weighted by Crippen LogP contribution is 2.35. The number of nitrogens with one attached hydrogen (secondary N) is 2. The van der Waals surface area contributed by atoms with E-state index in [0.29, 0.717) is 24.1 Å². The first kappa shape index (κ1) is 21.2. The number of nitrogens with zero attached hydrogens (tertiary/aromatic N) is 2. The number of benzene rings is 1. The predicted octanol–water partition coefficient (Wildman–Crippen LogP) is 3.75. The number of ether oxygens (including phenoxy) is 2. The number of hydrogen-bond donors (Lipinski definition) is 2. The van der Waals surface area contributed by atoms with Gasteiger partial charge in [0.2, 0.25) is 0 Å². The lowest BCUT2D eigenvalue weighted by molar-refractivity contribution is -0.140. The Kier molecular flexibility index (Phi) is 6.51. The molecule has 0 fully saturated rings. The molecule has 0 aliphatic carbocycles. The van der Waals surface area contributed by atoms with Gasteiger partial charge in [0.05, 0.1) is 20.2 Å². The highest BCUT2D eigenvalue weighted by molar-refractivity contribution is 7.09. The molecule has 0 bridgehead atoms. The standard InChI is InChI=1S/C19H23F3N4O2S/c1-4-23-18(25-9-17-26-16(10-29-17)19(20,21)22)24-8-13-7-15-12(5-11(2)28-15)6-14(13)27-3/h6-7,10-11H,4-5,8-9H2,1-3H3,(H2,23,24,25). The molecule has 10 heteroatoms. The van der Waals surface area contributed by atoms with Crippen molar-refractivity contribution < 1.29 is 22.6 Å². The maximum Gasteiger partial charge on any atom is 0.434 e. The van der Waals surface area contributed by atoms with E-state index in [1.54, 1.807) is 7.11 Å². The predicted molar refractivity (Wildman–Crippen MR) is 106 cm³/mol. The Labute approximate surface area is 171 Å². The van der Waals surface area contributed by atoms with Gasteiger partial charge in [-0.2, -0.15) is 13.2 Å². The lowest BCUT2D eigenvalue weighted by Crippen LogP contribution is -2.36. The van der Waals surface area contributed by atoms with Crippen molar-refractivity contribution in [2.45, 2.75) is 45.6 Å². The molecule has 1 aliphatic rings. The maximum atomic E-state index is 12.7. The molecule has 2 aromatic rings. The van der Waals surface area contributed by atoms with E-state index >= 15 is 0 Å². The Balaban J connectivity index is 1.69. The summed E-state index contributed by atoms with van der Waals surface area (Å²) in [5, 5.41) is 7.44. The monoisotopic (exact) mass is 428 g/mol. The molecule has 1 aliphatic heterocycles. The van der Waals surface area contributed by atoms with Crippen LogP contribution in [0.2, 0.25) is 0 Å². The Hall–Kier alpha value is -2.49. The average Bonchev–Trinajstić information content (AvgIpc) is 3.28. The summed E-state index contributed by atoms with van der Waals surface area (Å²) in [6.07, 6.45) is -3.46. The number of fused-ring (bicyclic) bond motifs is 1. The lowest BCUT2D eigenvalue weighted by atomic mass is 10.1. The van der Waals surface area contributed by atoms with Gasteiger partial charge in [-0.15, -0.1) is 11.3 Å². The molecule has 2 heterocycles. The summed E-state index contributed by atoms with van der Waals surface area (Å²) >= 11 is 0.958. The molecule has 1 unspecified atom stereocenters. The van der Waals surface area contributed by atoms with E-state index in [-0.39, 0.29) is 12.6 Å². The van der Waals surface area contributed by atoms with Gasteiger partial charge in [-0.25, -0.2) is 9.98 Å². The second-order valence-corrected chi connectivity index (χ2v) is 7.52. The number of alkyl halides is 3. The van der Waals surface area contributed by atoms with Gasteiger partial charge in [0.15, 0.2) is 11.7 Å². The summed E-state index contributed by atoms with van der Waals surface area (Å²) in [4.78, 5) is 8.14. The summed E-state index contributed by atoms with van der Waals surface area (Å²) in [5.41, 5.74) is 1.10. The van der Waals surface area contributed by atoms with E-state index < -0.39 is 11.9 Å². The third-order valence-corrected chi connectivity index (χ3v) is 5.15. The van der Waals surface area contributed by atoms with Gasteiger partial charge >= 0.3 is 6.18 Å². The van der Waals surface area contributed by atoms with Crippen LogP contribution in [0.25, 0.3) is 0 Å². The van der Waals surface area contributed by atoms with Gasteiger partial charge in [0.1, 0.15) is 22.6 Å². The van der Waals surface area contributed by atoms with Crippen LogP contribution in [-0.4, -0.2) is 30.7 Å². The average molecular weight is 428 g/mol. The minimum atomic E-state index is -4.43. The fourth-order valence-electron chi connectivity index (χ4n) is 2.98. The van der Waals surface area contributed by atoms with Crippen molar-refractivity contribution in [2.75, 3.05) is 13.7 Å². The Morgan fingerprint density at radius 1 is 1.38 bits per heavy atom. The smallest absolute Gasteiger partial charge is 0.434 e. The summed E-state index contributed by atoms with van der Waals surface area (Å²) in [5.74, 6) is 2.05. The summed E-state index contributed by atoms with van der Waals surface area (Å²) in [6.45, 7) is 5.01. The normalized spacial score (nSPS) is 16.3. The summed E-state index contributed by atoms with van der Waals surface area (Å²) < 4.78 is 49.3. The number of aliphatic imine (C=N–C) groups is 1. The second-order valence-electron chi connectivity index (χ2n) is 6.58. The van der Waals surface area contributed by atoms with Gasteiger partial charge < -0.3 is 20.1 Å². The number of methoxy groups -OCH3 is 1. The zero-order valence-electron chi connectivity index (χ0n) is 16.4. The number of thiazole rings is 1. The Morgan fingerprint density at radius 3 is 2.83 bits per heavy atom. The van der Waals surface area contributed by atoms with Gasteiger partial charge in [-0.1, -0.05) is 0 Å². The van der Waals surface area contributed by atoms with E-state index in [2.05, 4.69) is 20.6 Å². The molecule has 3 rings (SSSR count). The topological polar surface area (TPSA) is 67.8 Å². The van der Waals surface area contributed by atoms with Crippen LogP contribution >= 0.6 is 11.3 Å². The van der Waals surface area contributed by atoms with Crippen molar-refractivity contribution in [3.63, 3.8) is 0 Å². The Bertz CT molecular complexity index is 883. The van der Waals surface area contributed by atoms with Crippen molar-refractivity contribution in [3.8, 4) is 11.5 Å². The number of aromatic nitrogens is 1. The molecular weight excluding hydrogens is 405 g/mol. The first-order valence-corrected chi connectivity index (χ1v) is 10.1. The van der Waals surface area contributed by atoms with Gasteiger partial charge in [0, 0.05) is 29.5 Å². The Morgan fingerprint density at radius 2 is 2.17 bits per heavy atom. The van der Waals surface area contributed by atoms with Crippen molar-refractivity contribution in [2.24, 2.45) is 4.99 Å². The zero-order chi connectivity index (χ0) is 21.0. The molecule has 0 saturated carbocycles. The third kappa shape index (κ3) is 5.31. The molecule has 0 spiro atoms. The number of halogens is 3. The van der Waals surface area contributed by atoms with Crippen molar-refractivity contribution in [1.29, 1.82) is 0 Å². The highest BCUT2D eigenvalue weighted by atomic mass is 32.1. The largest absolute Gasteiger partial charge is 0.496 e. The summed E-state index contributed by atoms with van der Waals surface area (Å²) in [6, 6.07) is 3.90. The van der Waals surface area contributed by atoms with Crippen LogP contribution in [0.3, 0.4) is 0 Å². The van der Waals surface area contributed by atoms with Crippen LogP contribution in [0.4, 0.5) is 13.2 Å². The van der Waals surface area contributed by atoms with Crippen LogP contribution < -0.4 is 20.1 Å². The van der Waals surface area contributed by atoms with E-state index in [0.717, 1.165) is 45.8 Å². The van der Waals surface area contributed by atoms with Crippen molar-refractivity contribution in [3.05, 3.63) is 39.3 Å². The molecule has 0 radical (unpaired) electrons. The summed E-state index contributed by atoms with van der Waals surface area (Å²) in [7, 11) is 1.61.